The van der Waals surface area contributed by atoms with Crippen molar-refractivity contribution >= 4 is 0 Å². The maximum Gasteiger partial charge on any atom is 0.0202 e. The average molecular weight is 272 g/mol. The summed E-state index contributed by atoms with van der Waals surface area (Å²) in [6, 6.07) is 10.9. The molecule has 2 nitrogen and oxygen atoms in total. The van der Waals surface area contributed by atoms with Gasteiger partial charge in [0.15, 0.2) is 0 Å². The van der Waals surface area contributed by atoms with Gasteiger partial charge in [-0.25, -0.2) is 0 Å². The van der Waals surface area contributed by atoms with Crippen molar-refractivity contribution in [3.05, 3.63) is 48.0 Å². The Morgan fingerprint density at radius 3 is 2.60 bits per heavy atom. The first kappa shape index (κ1) is 15.3. The van der Waals surface area contributed by atoms with Gasteiger partial charge in [-0.15, -0.1) is 0 Å². The molecular weight excluding hydrogens is 244 g/mol. The number of rotatable bonds is 7. The second-order valence-corrected chi connectivity index (χ2v) is 5.94. The Morgan fingerprint density at radius 1 is 1.25 bits per heavy atom. The molecule has 0 unspecified atom stereocenters. The fraction of sp³-hybridized carbons (Fsp3) is 0.556. The zero-order valence-corrected chi connectivity index (χ0v) is 12.8. The third kappa shape index (κ3) is 5.10. The normalized spacial score (nSPS) is 17.2. The number of hydrogen-bond donors (Lipinski definition) is 1. The highest BCUT2D eigenvalue weighted by molar-refractivity contribution is 5.15. The summed E-state index contributed by atoms with van der Waals surface area (Å²) >= 11 is 0. The summed E-state index contributed by atoms with van der Waals surface area (Å²) < 4.78 is 0. The summed E-state index contributed by atoms with van der Waals surface area (Å²) in [4.78, 5) is 2.56. The summed E-state index contributed by atoms with van der Waals surface area (Å²) in [5.41, 5.74) is 2.80. The van der Waals surface area contributed by atoms with E-state index >= 15 is 0 Å². The third-order valence-electron chi connectivity index (χ3n) is 4.15. The van der Waals surface area contributed by atoms with Crippen LogP contribution in [-0.2, 0) is 6.42 Å². The highest BCUT2D eigenvalue weighted by Crippen LogP contribution is 2.21. The third-order valence-corrected chi connectivity index (χ3v) is 4.15. The first-order chi connectivity index (χ1) is 9.78. The van der Waals surface area contributed by atoms with Gasteiger partial charge in [-0.05, 0) is 56.0 Å². The van der Waals surface area contributed by atoms with Crippen LogP contribution in [0.1, 0.15) is 25.3 Å². The molecule has 0 radical (unpaired) electrons. The van der Waals surface area contributed by atoms with E-state index in [0.29, 0.717) is 0 Å². The van der Waals surface area contributed by atoms with Crippen molar-refractivity contribution in [3.63, 3.8) is 0 Å². The maximum atomic E-state index is 4.17. The van der Waals surface area contributed by atoms with Crippen LogP contribution < -0.4 is 5.32 Å². The Hall–Kier alpha value is -1.12. The van der Waals surface area contributed by atoms with Gasteiger partial charge in [0.25, 0.3) is 0 Å². The average Bonchev–Trinajstić information content (AvgIpc) is 2.48. The monoisotopic (exact) mass is 272 g/mol. The Labute approximate surface area is 123 Å². The lowest BCUT2D eigenvalue weighted by Crippen LogP contribution is -2.36. The quantitative estimate of drug-likeness (QED) is 0.767. The van der Waals surface area contributed by atoms with Gasteiger partial charge in [0.1, 0.15) is 0 Å². The van der Waals surface area contributed by atoms with Gasteiger partial charge in [0, 0.05) is 13.1 Å². The minimum atomic E-state index is 0.857. The molecule has 1 aromatic rings. The zero-order valence-electron chi connectivity index (χ0n) is 12.8. The topological polar surface area (TPSA) is 15.3 Å². The van der Waals surface area contributed by atoms with E-state index in [9.17, 15) is 0 Å². The number of nitrogens with one attached hydrogen (secondary N) is 1. The lowest BCUT2D eigenvalue weighted by Gasteiger charge is -2.32. The van der Waals surface area contributed by atoms with Gasteiger partial charge in [-0.3, -0.25) is 4.90 Å². The van der Waals surface area contributed by atoms with Crippen LogP contribution in [0, 0.1) is 5.92 Å². The Bertz CT molecular complexity index is 391. The standard InChI is InChI=1S/C18H28N2/c1-3-19-14-16(2)15-20-11-9-18(10-12-20)13-17-7-5-4-6-8-17/h4-8,18-19H,2-3,9-15H2,1H3. The summed E-state index contributed by atoms with van der Waals surface area (Å²) in [6.07, 6.45) is 3.89. The minimum Gasteiger partial charge on any atom is -0.313 e. The minimum absolute atomic E-state index is 0.857. The molecule has 20 heavy (non-hydrogen) atoms. The van der Waals surface area contributed by atoms with Crippen LogP contribution in [0.15, 0.2) is 42.5 Å². The lowest BCUT2D eigenvalue weighted by atomic mass is 9.90. The van der Waals surface area contributed by atoms with Crippen molar-refractivity contribution in [1.29, 1.82) is 0 Å². The van der Waals surface area contributed by atoms with E-state index in [0.717, 1.165) is 25.6 Å². The Balaban J connectivity index is 1.68. The first-order valence-corrected chi connectivity index (χ1v) is 7.91. The van der Waals surface area contributed by atoms with Crippen LogP contribution >= 0.6 is 0 Å². The molecule has 2 rings (SSSR count). The number of nitrogens with zero attached hydrogens (tertiary/aromatic N) is 1. The predicted octanol–water partition coefficient (Wildman–Crippen LogP) is 3.11. The molecule has 0 saturated carbocycles. The van der Waals surface area contributed by atoms with Crippen molar-refractivity contribution < 1.29 is 0 Å². The number of likely N-dealkylation sites (N-methyl/N-ethyl adjacent to an activating group) is 1. The fourth-order valence-corrected chi connectivity index (χ4v) is 2.97. The van der Waals surface area contributed by atoms with Crippen LogP contribution in [0.25, 0.3) is 0 Å². The molecule has 0 spiro atoms. The predicted molar refractivity (Wildman–Crippen MR) is 87.0 cm³/mol. The number of piperidine rings is 1. The molecule has 110 valence electrons. The highest BCUT2D eigenvalue weighted by atomic mass is 15.1. The second kappa shape index (κ2) is 8.23. The van der Waals surface area contributed by atoms with E-state index in [-0.39, 0.29) is 0 Å². The first-order valence-electron chi connectivity index (χ1n) is 7.91. The largest absolute Gasteiger partial charge is 0.313 e. The van der Waals surface area contributed by atoms with Crippen LogP contribution in [-0.4, -0.2) is 37.6 Å². The lowest BCUT2D eigenvalue weighted by molar-refractivity contribution is 0.196. The van der Waals surface area contributed by atoms with Crippen LogP contribution in [0.3, 0.4) is 0 Å². The van der Waals surface area contributed by atoms with Gasteiger partial charge in [-0.1, -0.05) is 43.8 Å². The van der Waals surface area contributed by atoms with Gasteiger partial charge in [-0.2, -0.15) is 0 Å². The smallest absolute Gasteiger partial charge is 0.0202 e. The van der Waals surface area contributed by atoms with E-state index in [1.54, 1.807) is 0 Å². The Morgan fingerprint density at radius 2 is 1.95 bits per heavy atom. The SMILES string of the molecule is C=C(CNCC)CN1CCC(Cc2ccccc2)CC1. The molecule has 1 aliphatic heterocycles. The van der Waals surface area contributed by atoms with E-state index in [4.69, 9.17) is 0 Å². The van der Waals surface area contributed by atoms with Gasteiger partial charge >= 0.3 is 0 Å². The highest BCUT2D eigenvalue weighted by Gasteiger charge is 2.19. The zero-order chi connectivity index (χ0) is 14.2. The molecule has 0 aromatic heterocycles. The summed E-state index contributed by atoms with van der Waals surface area (Å²) in [7, 11) is 0. The molecule has 1 fully saturated rings. The van der Waals surface area contributed by atoms with Crippen molar-refractivity contribution in [2.24, 2.45) is 5.92 Å². The molecular formula is C18H28N2. The summed E-state index contributed by atoms with van der Waals surface area (Å²) in [5.74, 6) is 0.857. The maximum absolute atomic E-state index is 4.17. The molecule has 0 bridgehead atoms. The van der Waals surface area contributed by atoms with E-state index in [1.165, 1.54) is 43.5 Å². The molecule has 1 N–H and O–H groups in total. The van der Waals surface area contributed by atoms with Crippen molar-refractivity contribution in [2.45, 2.75) is 26.2 Å². The molecule has 0 atom stereocenters. The van der Waals surface area contributed by atoms with Crippen LogP contribution in [0.4, 0.5) is 0 Å². The fourth-order valence-electron chi connectivity index (χ4n) is 2.97. The molecule has 1 heterocycles. The van der Waals surface area contributed by atoms with E-state index in [1.807, 2.05) is 0 Å². The van der Waals surface area contributed by atoms with Gasteiger partial charge in [0.05, 0.1) is 0 Å². The van der Waals surface area contributed by atoms with Crippen molar-refractivity contribution in [1.82, 2.24) is 10.2 Å². The molecule has 1 saturated heterocycles. The van der Waals surface area contributed by atoms with Crippen LogP contribution in [0.5, 0.6) is 0 Å². The summed E-state index contributed by atoms with van der Waals surface area (Å²) in [5, 5.41) is 3.35. The van der Waals surface area contributed by atoms with Crippen molar-refractivity contribution in [2.75, 3.05) is 32.7 Å². The molecule has 1 aliphatic rings. The molecule has 1 aromatic carbocycles. The number of likely N-dealkylation sites (tertiary alicyclic amines) is 1. The summed E-state index contributed by atoms with van der Waals surface area (Å²) in [6.45, 7) is 11.8. The number of benzene rings is 1. The van der Waals surface area contributed by atoms with Gasteiger partial charge in [0.2, 0.25) is 0 Å². The van der Waals surface area contributed by atoms with E-state index in [2.05, 4.69) is 54.1 Å². The number of hydrogen-bond acceptors (Lipinski definition) is 2. The van der Waals surface area contributed by atoms with E-state index < -0.39 is 0 Å². The van der Waals surface area contributed by atoms with Crippen molar-refractivity contribution in [3.8, 4) is 0 Å². The molecule has 0 aliphatic carbocycles. The molecule has 2 heteroatoms. The molecule has 0 amide bonds. The Kier molecular flexibility index (Phi) is 6.28. The van der Waals surface area contributed by atoms with Crippen LogP contribution in [0.2, 0.25) is 0 Å². The van der Waals surface area contributed by atoms with Gasteiger partial charge < -0.3 is 5.32 Å². The second-order valence-electron chi connectivity index (χ2n) is 5.94.